The number of nitrogens with zero attached hydrogens (tertiary/aromatic N) is 2. The maximum atomic E-state index is 12.9. The van der Waals surface area contributed by atoms with Crippen molar-refractivity contribution in [3.63, 3.8) is 0 Å². The number of nitrogens with two attached hydrogens (primary N) is 1. The van der Waals surface area contributed by atoms with Gasteiger partial charge in [-0.1, -0.05) is 12.1 Å². The summed E-state index contributed by atoms with van der Waals surface area (Å²) in [7, 11) is 0. The molecule has 126 valence electrons. The van der Waals surface area contributed by atoms with Crippen molar-refractivity contribution in [3.8, 4) is 0 Å². The minimum absolute atomic E-state index is 0. The molecule has 2 rings (SSSR count). The summed E-state index contributed by atoms with van der Waals surface area (Å²) in [6.07, 6.45) is 0.944. The fourth-order valence-corrected chi connectivity index (χ4v) is 2.49. The Morgan fingerprint density at radius 2 is 1.82 bits per heavy atom. The van der Waals surface area contributed by atoms with Crippen LogP contribution in [-0.2, 0) is 11.3 Å². The van der Waals surface area contributed by atoms with Crippen LogP contribution in [0.4, 0.5) is 4.39 Å². The van der Waals surface area contributed by atoms with Gasteiger partial charge in [-0.05, 0) is 31.0 Å². The molecule has 1 aliphatic heterocycles. The second-order valence-corrected chi connectivity index (χ2v) is 5.37. The van der Waals surface area contributed by atoms with Crippen LogP contribution in [0.5, 0.6) is 0 Å². The van der Waals surface area contributed by atoms with Gasteiger partial charge in [0.25, 0.3) is 0 Å². The molecule has 0 unspecified atom stereocenters. The van der Waals surface area contributed by atoms with Gasteiger partial charge in [0.2, 0.25) is 5.91 Å². The predicted molar refractivity (Wildman–Crippen MR) is 91.0 cm³/mol. The lowest BCUT2D eigenvalue weighted by Gasteiger charge is -2.23. The van der Waals surface area contributed by atoms with Crippen LogP contribution >= 0.6 is 24.8 Å². The maximum absolute atomic E-state index is 12.9. The van der Waals surface area contributed by atoms with Crippen LogP contribution in [0.15, 0.2) is 24.3 Å². The zero-order chi connectivity index (χ0) is 14.5. The number of hydrogen-bond acceptors (Lipinski definition) is 3. The van der Waals surface area contributed by atoms with Crippen LogP contribution in [0, 0.1) is 5.82 Å². The number of carbonyl (C=O) groups is 1. The van der Waals surface area contributed by atoms with Gasteiger partial charge in [-0.15, -0.1) is 24.8 Å². The molecule has 1 heterocycles. The van der Waals surface area contributed by atoms with E-state index in [4.69, 9.17) is 5.73 Å². The highest BCUT2D eigenvalue weighted by Crippen LogP contribution is 2.10. The largest absolute Gasteiger partial charge is 0.340 e. The fraction of sp³-hybridized carbons (Fsp3) is 0.533. The van der Waals surface area contributed by atoms with Gasteiger partial charge in [0.1, 0.15) is 5.82 Å². The standard InChI is InChI=1S/C15H22FN3O.2ClH/c1-12(17)15(20)19-8-2-7-18(9-10-19)11-13-3-5-14(16)6-4-13;;/h3-6,12H,2,7-11,17H2,1H3;2*1H/t12-;;/m1../s1. The highest BCUT2D eigenvalue weighted by Gasteiger charge is 2.21. The Bertz CT molecular complexity index is 457. The van der Waals surface area contributed by atoms with E-state index in [1.54, 1.807) is 6.92 Å². The topological polar surface area (TPSA) is 49.6 Å². The second-order valence-electron chi connectivity index (χ2n) is 5.37. The quantitative estimate of drug-likeness (QED) is 0.906. The SMILES string of the molecule is C[C@@H](N)C(=O)N1CCCN(Cc2ccc(F)cc2)CC1.Cl.Cl. The van der Waals surface area contributed by atoms with Crippen LogP contribution in [0.2, 0.25) is 0 Å². The zero-order valence-corrected chi connectivity index (χ0v) is 14.3. The molecule has 0 aromatic heterocycles. The van der Waals surface area contributed by atoms with Crippen molar-refractivity contribution in [2.45, 2.75) is 25.9 Å². The van der Waals surface area contributed by atoms with Gasteiger partial charge in [0.15, 0.2) is 0 Å². The number of benzene rings is 1. The third-order valence-corrected chi connectivity index (χ3v) is 3.61. The summed E-state index contributed by atoms with van der Waals surface area (Å²) < 4.78 is 12.9. The van der Waals surface area contributed by atoms with Crippen molar-refractivity contribution in [1.82, 2.24) is 9.80 Å². The number of hydrogen-bond donors (Lipinski definition) is 1. The molecule has 4 nitrogen and oxygen atoms in total. The summed E-state index contributed by atoms with van der Waals surface area (Å²) in [5.41, 5.74) is 6.75. The first-order chi connectivity index (χ1) is 9.56. The molecule has 0 bridgehead atoms. The third kappa shape index (κ3) is 6.08. The monoisotopic (exact) mass is 351 g/mol. The zero-order valence-electron chi connectivity index (χ0n) is 12.7. The van der Waals surface area contributed by atoms with E-state index >= 15 is 0 Å². The van der Waals surface area contributed by atoms with Crippen molar-refractivity contribution in [2.75, 3.05) is 26.2 Å². The van der Waals surface area contributed by atoms with Crippen LogP contribution < -0.4 is 5.73 Å². The summed E-state index contributed by atoms with van der Waals surface area (Å²) >= 11 is 0. The first-order valence-electron chi connectivity index (χ1n) is 7.07. The minimum Gasteiger partial charge on any atom is -0.340 e. The Hall–Kier alpha value is -0.880. The Labute approximate surface area is 143 Å². The minimum atomic E-state index is -0.432. The Balaban J connectivity index is 0.00000220. The molecule has 7 heteroatoms. The fourth-order valence-electron chi connectivity index (χ4n) is 2.49. The van der Waals surface area contributed by atoms with Gasteiger partial charge < -0.3 is 10.6 Å². The van der Waals surface area contributed by atoms with Crippen molar-refractivity contribution in [3.05, 3.63) is 35.6 Å². The van der Waals surface area contributed by atoms with E-state index in [-0.39, 0.29) is 36.5 Å². The molecule has 0 radical (unpaired) electrons. The van der Waals surface area contributed by atoms with Gasteiger partial charge in [-0.3, -0.25) is 9.69 Å². The van der Waals surface area contributed by atoms with E-state index in [2.05, 4.69) is 4.90 Å². The first kappa shape index (κ1) is 21.1. The maximum Gasteiger partial charge on any atom is 0.239 e. The van der Waals surface area contributed by atoms with Gasteiger partial charge >= 0.3 is 0 Å². The van der Waals surface area contributed by atoms with Gasteiger partial charge in [-0.25, -0.2) is 4.39 Å². The van der Waals surface area contributed by atoms with Gasteiger partial charge in [0.05, 0.1) is 6.04 Å². The van der Waals surface area contributed by atoms with Crippen LogP contribution in [0.3, 0.4) is 0 Å². The van der Waals surface area contributed by atoms with E-state index < -0.39 is 6.04 Å². The van der Waals surface area contributed by atoms with E-state index in [0.29, 0.717) is 6.54 Å². The molecule has 1 aliphatic rings. The molecular weight excluding hydrogens is 328 g/mol. The third-order valence-electron chi connectivity index (χ3n) is 3.61. The summed E-state index contributed by atoms with van der Waals surface area (Å²) in [5, 5.41) is 0. The smallest absolute Gasteiger partial charge is 0.239 e. The molecule has 1 fully saturated rings. The van der Waals surface area contributed by atoms with Gasteiger partial charge in [-0.2, -0.15) is 0 Å². The van der Waals surface area contributed by atoms with E-state index in [1.165, 1.54) is 12.1 Å². The molecule has 0 spiro atoms. The lowest BCUT2D eigenvalue weighted by Crippen LogP contribution is -2.43. The normalized spacial score (nSPS) is 17.0. The summed E-state index contributed by atoms with van der Waals surface area (Å²) in [4.78, 5) is 16.0. The Morgan fingerprint density at radius 1 is 1.18 bits per heavy atom. The molecular formula is C15H24Cl2FN3O. The summed E-state index contributed by atoms with van der Waals surface area (Å²) in [6.45, 7) is 5.77. The average molecular weight is 352 g/mol. The number of rotatable bonds is 3. The average Bonchev–Trinajstić information content (AvgIpc) is 2.66. The summed E-state index contributed by atoms with van der Waals surface area (Å²) in [5.74, 6) is -0.188. The first-order valence-corrected chi connectivity index (χ1v) is 7.07. The van der Waals surface area contributed by atoms with Crippen molar-refractivity contribution in [1.29, 1.82) is 0 Å². The van der Waals surface area contributed by atoms with Crippen LogP contribution in [0.1, 0.15) is 18.9 Å². The highest BCUT2D eigenvalue weighted by molar-refractivity contribution is 5.85. The van der Waals surface area contributed by atoms with Gasteiger partial charge in [0, 0.05) is 32.7 Å². The molecule has 1 saturated heterocycles. The number of halogens is 3. The Kier molecular flexibility index (Phi) is 9.60. The number of carbonyl (C=O) groups excluding carboxylic acids is 1. The molecule has 0 saturated carbocycles. The highest BCUT2D eigenvalue weighted by atomic mass is 35.5. The lowest BCUT2D eigenvalue weighted by atomic mass is 10.2. The van der Waals surface area contributed by atoms with Crippen LogP contribution in [-0.4, -0.2) is 47.9 Å². The second kappa shape index (κ2) is 10.0. The summed E-state index contributed by atoms with van der Waals surface area (Å²) in [6, 6.07) is 6.16. The number of amides is 1. The van der Waals surface area contributed by atoms with Crippen molar-refractivity contribution >= 4 is 30.7 Å². The van der Waals surface area contributed by atoms with E-state index in [9.17, 15) is 9.18 Å². The molecule has 1 amide bonds. The molecule has 1 atom stereocenters. The van der Waals surface area contributed by atoms with Crippen LogP contribution in [0.25, 0.3) is 0 Å². The molecule has 1 aromatic rings. The Morgan fingerprint density at radius 3 is 2.41 bits per heavy atom. The lowest BCUT2D eigenvalue weighted by molar-refractivity contribution is -0.132. The molecule has 0 aliphatic carbocycles. The van der Waals surface area contributed by atoms with Crippen molar-refractivity contribution < 1.29 is 9.18 Å². The predicted octanol–water partition coefficient (Wildman–Crippen LogP) is 2.05. The van der Waals surface area contributed by atoms with E-state index in [1.807, 2.05) is 17.0 Å². The van der Waals surface area contributed by atoms with Crippen molar-refractivity contribution in [2.24, 2.45) is 5.73 Å². The molecule has 2 N–H and O–H groups in total. The molecule has 22 heavy (non-hydrogen) atoms. The van der Waals surface area contributed by atoms with E-state index in [0.717, 1.165) is 38.2 Å². The molecule has 1 aromatic carbocycles.